The van der Waals surface area contributed by atoms with Gasteiger partial charge in [0, 0.05) is 18.0 Å². The molecule has 0 atom stereocenters. The number of alkyl halides is 3. The molecular formula is C19H20ClF3N2O3S. The Hall–Kier alpha value is -2.26. The molecule has 0 heterocycles. The summed E-state index contributed by atoms with van der Waals surface area (Å²) in [4.78, 5) is 12.1. The second-order valence-corrected chi connectivity index (χ2v) is 8.85. The fraction of sp³-hybridized carbons (Fsp3) is 0.316. The summed E-state index contributed by atoms with van der Waals surface area (Å²) in [5.41, 5.74) is -0.0262. The van der Waals surface area contributed by atoms with E-state index in [1.54, 1.807) is 24.3 Å². The van der Waals surface area contributed by atoms with Crippen molar-refractivity contribution in [2.75, 3.05) is 22.4 Å². The average Bonchev–Trinajstić information content (AvgIpc) is 2.59. The van der Waals surface area contributed by atoms with Crippen molar-refractivity contribution in [2.24, 2.45) is 0 Å². The van der Waals surface area contributed by atoms with Gasteiger partial charge in [0.05, 0.1) is 23.2 Å². The number of aryl methyl sites for hydroxylation is 1. The molecule has 0 saturated heterocycles. The van der Waals surface area contributed by atoms with E-state index < -0.39 is 33.4 Å². The van der Waals surface area contributed by atoms with Crippen molar-refractivity contribution in [3.8, 4) is 0 Å². The van der Waals surface area contributed by atoms with Crippen LogP contribution in [0.1, 0.15) is 24.0 Å². The van der Waals surface area contributed by atoms with Crippen LogP contribution in [0.5, 0.6) is 0 Å². The topological polar surface area (TPSA) is 66.5 Å². The number of nitrogens with one attached hydrogen (secondary N) is 1. The van der Waals surface area contributed by atoms with Crippen LogP contribution in [0.3, 0.4) is 0 Å². The predicted molar refractivity (Wildman–Crippen MR) is 108 cm³/mol. The van der Waals surface area contributed by atoms with Crippen LogP contribution in [0.25, 0.3) is 0 Å². The van der Waals surface area contributed by atoms with Gasteiger partial charge in [0.15, 0.2) is 0 Å². The molecule has 0 fully saturated rings. The summed E-state index contributed by atoms with van der Waals surface area (Å²) in [6, 6.07) is 9.89. The lowest BCUT2D eigenvalue weighted by Gasteiger charge is -2.22. The molecule has 0 unspecified atom stereocenters. The maximum Gasteiger partial charge on any atom is 0.418 e. The Morgan fingerprint density at radius 2 is 1.76 bits per heavy atom. The molecule has 2 aromatic carbocycles. The van der Waals surface area contributed by atoms with Crippen molar-refractivity contribution in [1.82, 2.24) is 0 Å². The first-order valence-corrected chi connectivity index (χ1v) is 10.8. The van der Waals surface area contributed by atoms with Crippen molar-refractivity contribution in [3.63, 3.8) is 0 Å². The molecule has 0 spiro atoms. The lowest BCUT2D eigenvalue weighted by atomic mass is 10.1. The highest BCUT2D eigenvalue weighted by Gasteiger charge is 2.34. The van der Waals surface area contributed by atoms with Gasteiger partial charge in [-0.3, -0.25) is 9.10 Å². The van der Waals surface area contributed by atoms with Crippen LogP contribution in [0.4, 0.5) is 24.5 Å². The smallest absolute Gasteiger partial charge is 0.326 e. The van der Waals surface area contributed by atoms with E-state index in [0.29, 0.717) is 5.69 Å². The number of benzene rings is 2. The van der Waals surface area contributed by atoms with Crippen molar-refractivity contribution < 1.29 is 26.4 Å². The zero-order valence-corrected chi connectivity index (χ0v) is 17.3. The third-order valence-electron chi connectivity index (χ3n) is 4.05. The Morgan fingerprint density at radius 3 is 2.31 bits per heavy atom. The minimum Gasteiger partial charge on any atom is -0.326 e. The second kappa shape index (κ2) is 9.04. The number of halogens is 4. The monoisotopic (exact) mass is 448 g/mol. The van der Waals surface area contributed by atoms with Gasteiger partial charge in [-0.2, -0.15) is 13.2 Å². The van der Waals surface area contributed by atoms with Crippen LogP contribution in [0.2, 0.25) is 5.02 Å². The molecule has 29 heavy (non-hydrogen) atoms. The van der Waals surface area contributed by atoms with Gasteiger partial charge in [0.2, 0.25) is 15.9 Å². The zero-order chi connectivity index (χ0) is 21.8. The highest BCUT2D eigenvalue weighted by Crippen LogP contribution is 2.36. The van der Waals surface area contributed by atoms with Crippen molar-refractivity contribution in [1.29, 1.82) is 0 Å². The number of hydrogen-bond donors (Lipinski definition) is 1. The third kappa shape index (κ3) is 6.64. The van der Waals surface area contributed by atoms with E-state index in [1.807, 2.05) is 6.92 Å². The summed E-state index contributed by atoms with van der Waals surface area (Å²) >= 11 is 5.61. The van der Waals surface area contributed by atoms with Crippen molar-refractivity contribution in [2.45, 2.75) is 25.9 Å². The summed E-state index contributed by atoms with van der Waals surface area (Å²) in [6.07, 6.45) is -3.65. The van der Waals surface area contributed by atoms with Crippen LogP contribution in [0.15, 0.2) is 42.5 Å². The van der Waals surface area contributed by atoms with Crippen LogP contribution in [0, 0.1) is 6.92 Å². The summed E-state index contributed by atoms with van der Waals surface area (Å²) < 4.78 is 64.6. The lowest BCUT2D eigenvalue weighted by Crippen LogP contribution is -2.31. The number of carbonyl (C=O) groups is 1. The predicted octanol–water partition coefficient (Wildman–Crippen LogP) is 4.85. The standard InChI is InChI=1S/C19H20ClF3N2O3S/c1-13-5-8-15(9-6-13)25(29(2,27)28)11-3-4-18(26)24-17-10-7-14(20)12-16(17)19(21,22)23/h5-10,12H,3-4,11H2,1-2H3,(H,24,26). The normalized spacial score (nSPS) is 11.9. The molecular weight excluding hydrogens is 429 g/mol. The minimum absolute atomic E-state index is 0.0159. The van der Waals surface area contributed by atoms with Crippen molar-refractivity contribution >= 4 is 38.9 Å². The van der Waals surface area contributed by atoms with Gasteiger partial charge in [-0.1, -0.05) is 29.3 Å². The van der Waals surface area contributed by atoms with Gasteiger partial charge in [0.25, 0.3) is 0 Å². The second-order valence-electron chi connectivity index (χ2n) is 6.51. The Balaban J connectivity index is 2.04. The maximum absolute atomic E-state index is 13.1. The Labute approximate surface area is 172 Å². The van der Waals surface area contributed by atoms with Crippen LogP contribution >= 0.6 is 11.6 Å². The fourth-order valence-electron chi connectivity index (χ4n) is 2.65. The molecule has 0 aliphatic heterocycles. The highest BCUT2D eigenvalue weighted by molar-refractivity contribution is 7.92. The summed E-state index contributed by atoms with van der Waals surface area (Å²) in [5.74, 6) is -0.657. The number of anilines is 2. The number of rotatable bonds is 7. The molecule has 1 N–H and O–H groups in total. The van der Waals surface area contributed by atoms with E-state index in [0.717, 1.165) is 28.3 Å². The Morgan fingerprint density at radius 1 is 1.14 bits per heavy atom. The molecule has 0 bridgehead atoms. The van der Waals surface area contributed by atoms with Gasteiger partial charge in [0.1, 0.15) is 0 Å². The SMILES string of the molecule is Cc1ccc(N(CCCC(=O)Nc2ccc(Cl)cc2C(F)(F)F)S(C)(=O)=O)cc1. The number of nitrogens with zero attached hydrogens (tertiary/aromatic N) is 1. The molecule has 10 heteroatoms. The first-order chi connectivity index (χ1) is 13.4. The van der Waals surface area contributed by atoms with E-state index in [4.69, 9.17) is 11.6 Å². The van der Waals surface area contributed by atoms with E-state index in [2.05, 4.69) is 5.32 Å². The van der Waals surface area contributed by atoms with E-state index >= 15 is 0 Å². The molecule has 5 nitrogen and oxygen atoms in total. The van der Waals surface area contributed by atoms with Gasteiger partial charge < -0.3 is 5.32 Å². The molecule has 2 rings (SSSR count). The Kier molecular flexibility index (Phi) is 7.18. The summed E-state index contributed by atoms with van der Waals surface area (Å²) in [6.45, 7) is 1.88. The largest absolute Gasteiger partial charge is 0.418 e. The first kappa shape index (κ1) is 23.0. The number of carbonyl (C=O) groups excluding carboxylic acids is 1. The van der Waals surface area contributed by atoms with Gasteiger partial charge >= 0.3 is 6.18 Å². The maximum atomic E-state index is 13.1. The number of sulfonamides is 1. The molecule has 0 aliphatic carbocycles. The Bertz CT molecular complexity index is 977. The highest BCUT2D eigenvalue weighted by atomic mass is 35.5. The van der Waals surface area contributed by atoms with E-state index in [9.17, 15) is 26.4 Å². The molecule has 1 amide bonds. The average molecular weight is 449 g/mol. The first-order valence-electron chi connectivity index (χ1n) is 8.59. The van der Waals surface area contributed by atoms with Crippen LogP contribution in [-0.2, 0) is 21.0 Å². The fourth-order valence-corrected chi connectivity index (χ4v) is 3.79. The van der Waals surface area contributed by atoms with Gasteiger partial charge in [-0.25, -0.2) is 8.42 Å². The molecule has 0 aromatic heterocycles. The van der Waals surface area contributed by atoms with Crippen LogP contribution < -0.4 is 9.62 Å². The minimum atomic E-state index is -4.67. The molecule has 158 valence electrons. The van der Waals surface area contributed by atoms with Gasteiger partial charge in [-0.05, 0) is 43.7 Å². The third-order valence-corrected chi connectivity index (χ3v) is 5.48. The lowest BCUT2D eigenvalue weighted by molar-refractivity contribution is -0.137. The zero-order valence-electron chi connectivity index (χ0n) is 15.8. The van der Waals surface area contributed by atoms with Gasteiger partial charge in [-0.15, -0.1) is 0 Å². The van der Waals surface area contributed by atoms with E-state index in [-0.39, 0.29) is 24.4 Å². The summed E-state index contributed by atoms with van der Waals surface area (Å²) in [5, 5.41) is 2.12. The summed E-state index contributed by atoms with van der Waals surface area (Å²) in [7, 11) is -3.58. The van der Waals surface area contributed by atoms with E-state index in [1.165, 1.54) is 6.07 Å². The molecule has 2 aromatic rings. The molecule has 0 radical (unpaired) electrons. The van der Waals surface area contributed by atoms with Crippen LogP contribution in [-0.4, -0.2) is 27.1 Å². The number of amides is 1. The quantitative estimate of drug-likeness (QED) is 0.658. The number of hydrogen-bond acceptors (Lipinski definition) is 3. The molecule has 0 aliphatic rings. The van der Waals surface area contributed by atoms with Crippen molar-refractivity contribution in [3.05, 3.63) is 58.6 Å². The molecule has 0 saturated carbocycles.